The number of para-hydroxylation sites is 1. The summed E-state index contributed by atoms with van der Waals surface area (Å²) in [5.74, 6) is -0.255. The molecule has 2 amide bonds. The number of amides is 2. The van der Waals surface area contributed by atoms with Crippen molar-refractivity contribution in [1.82, 2.24) is 5.32 Å². The molecular formula is C20H22N2O2. The van der Waals surface area contributed by atoms with E-state index in [1.807, 2.05) is 48.5 Å². The molecule has 2 aromatic carbocycles. The van der Waals surface area contributed by atoms with Crippen LogP contribution in [0.3, 0.4) is 0 Å². The molecular weight excluding hydrogens is 300 g/mol. The van der Waals surface area contributed by atoms with Gasteiger partial charge in [-0.2, -0.15) is 0 Å². The summed E-state index contributed by atoms with van der Waals surface area (Å²) in [5, 5.41) is 2.97. The second kappa shape index (κ2) is 7.77. The second-order valence-corrected chi connectivity index (χ2v) is 6.12. The summed E-state index contributed by atoms with van der Waals surface area (Å²) in [5.41, 5.74) is 2.14. The maximum Gasteiger partial charge on any atom is 0.227 e. The Bertz CT molecular complexity index is 685. The SMILES string of the molecule is O=C(NCCCc1ccccc1)C1CC(=O)N(c2ccccc2)C1. The van der Waals surface area contributed by atoms with Crippen LogP contribution in [0.2, 0.25) is 0 Å². The molecule has 124 valence electrons. The Morgan fingerprint density at radius 2 is 1.71 bits per heavy atom. The number of aryl methyl sites for hydroxylation is 1. The first-order chi connectivity index (χ1) is 11.7. The van der Waals surface area contributed by atoms with Gasteiger partial charge in [0.25, 0.3) is 0 Å². The molecule has 24 heavy (non-hydrogen) atoms. The van der Waals surface area contributed by atoms with Crippen LogP contribution in [0.25, 0.3) is 0 Å². The van der Waals surface area contributed by atoms with Gasteiger partial charge in [0.1, 0.15) is 0 Å². The van der Waals surface area contributed by atoms with Gasteiger partial charge in [0.05, 0.1) is 5.92 Å². The van der Waals surface area contributed by atoms with Gasteiger partial charge in [-0.1, -0.05) is 48.5 Å². The number of carbonyl (C=O) groups excluding carboxylic acids is 2. The first kappa shape index (κ1) is 16.2. The van der Waals surface area contributed by atoms with E-state index in [0.717, 1.165) is 18.5 Å². The van der Waals surface area contributed by atoms with Gasteiger partial charge in [-0.3, -0.25) is 9.59 Å². The van der Waals surface area contributed by atoms with Gasteiger partial charge in [0.2, 0.25) is 11.8 Å². The van der Waals surface area contributed by atoms with Crippen LogP contribution in [0.4, 0.5) is 5.69 Å². The molecule has 1 aliphatic rings. The average molecular weight is 322 g/mol. The number of benzene rings is 2. The van der Waals surface area contributed by atoms with Gasteiger partial charge in [-0.15, -0.1) is 0 Å². The Labute approximate surface area is 142 Å². The summed E-state index contributed by atoms with van der Waals surface area (Å²) in [6.07, 6.45) is 2.14. The zero-order valence-corrected chi connectivity index (χ0v) is 13.7. The summed E-state index contributed by atoms with van der Waals surface area (Å²) >= 11 is 0. The van der Waals surface area contributed by atoms with Gasteiger partial charge in [0, 0.05) is 25.2 Å². The van der Waals surface area contributed by atoms with Crippen LogP contribution in [-0.4, -0.2) is 24.9 Å². The third-order valence-electron chi connectivity index (χ3n) is 4.35. The quantitative estimate of drug-likeness (QED) is 0.832. The molecule has 0 radical (unpaired) electrons. The molecule has 1 unspecified atom stereocenters. The third-order valence-corrected chi connectivity index (χ3v) is 4.35. The van der Waals surface area contributed by atoms with Crippen molar-refractivity contribution < 1.29 is 9.59 Å². The van der Waals surface area contributed by atoms with E-state index in [0.29, 0.717) is 19.5 Å². The van der Waals surface area contributed by atoms with E-state index < -0.39 is 0 Å². The predicted molar refractivity (Wildman–Crippen MR) is 94.7 cm³/mol. The minimum atomic E-state index is -0.255. The number of nitrogens with zero attached hydrogens (tertiary/aromatic N) is 1. The van der Waals surface area contributed by atoms with Gasteiger partial charge < -0.3 is 10.2 Å². The van der Waals surface area contributed by atoms with Crippen molar-refractivity contribution >= 4 is 17.5 Å². The largest absolute Gasteiger partial charge is 0.356 e. The molecule has 1 heterocycles. The average Bonchev–Trinajstić information content (AvgIpc) is 3.02. The molecule has 4 heteroatoms. The minimum absolute atomic E-state index is 0.0187. The zero-order chi connectivity index (χ0) is 16.8. The van der Waals surface area contributed by atoms with Gasteiger partial charge >= 0.3 is 0 Å². The van der Waals surface area contributed by atoms with E-state index in [4.69, 9.17) is 0 Å². The summed E-state index contributed by atoms with van der Waals surface area (Å²) in [6.45, 7) is 1.11. The highest BCUT2D eigenvalue weighted by atomic mass is 16.2. The summed E-state index contributed by atoms with van der Waals surface area (Å²) in [4.78, 5) is 26.1. The van der Waals surface area contributed by atoms with Crippen molar-refractivity contribution in [1.29, 1.82) is 0 Å². The van der Waals surface area contributed by atoms with Crippen LogP contribution in [0, 0.1) is 5.92 Å². The van der Waals surface area contributed by atoms with Crippen LogP contribution < -0.4 is 10.2 Å². The van der Waals surface area contributed by atoms with Crippen LogP contribution in [-0.2, 0) is 16.0 Å². The maximum absolute atomic E-state index is 12.3. The lowest BCUT2D eigenvalue weighted by atomic mass is 10.1. The highest BCUT2D eigenvalue weighted by molar-refractivity contribution is 6.00. The van der Waals surface area contributed by atoms with Crippen molar-refractivity contribution in [3.63, 3.8) is 0 Å². The fourth-order valence-corrected chi connectivity index (χ4v) is 3.03. The molecule has 1 aliphatic heterocycles. The van der Waals surface area contributed by atoms with E-state index in [-0.39, 0.29) is 17.7 Å². The molecule has 1 N–H and O–H groups in total. The number of nitrogens with one attached hydrogen (secondary N) is 1. The van der Waals surface area contributed by atoms with E-state index in [1.165, 1.54) is 5.56 Å². The lowest BCUT2D eigenvalue weighted by Crippen LogP contribution is -2.33. The fraction of sp³-hybridized carbons (Fsp3) is 0.300. The summed E-state index contributed by atoms with van der Waals surface area (Å²) in [6, 6.07) is 19.8. The van der Waals surface area contributed by atoms with E-state index in [1.54, 1.807) is 4.90 Å². The topological polar surface area (TPSA) is 49.4 Å². The Hall–Kier alpha value is -2.62. The highest BCUT2D eigenvalue weighted by Crippen LogP contribution is 2.24. The minimum Gasteiger partial charge on any atom is -0.356 e. The number of rotatable bonds is 6. The molecule has 0 spiro atoms. The molecule has 1 fully saturated rings. The van der Waals surface area contributed by atoms with Crippen molar-refractivity contribution in [2.45, 2.75) is 19.3 Å². The molecule has 0 saturated carbocycles. The normalized spacial score (nSPS) is 17.1. The van der Waals surface area contributed by atoms with E-state index >= 15 is 0 Å². The summed E-state index contributed by atoms with van der Waals surface area (Å²) in [7, 11) is 0. The Morgan fingerprint density at radius 1 is 1.04 bits per heavy atom. The summed E-state index contributed by atoms with van der Waals surface area (Å²) < 4.78 is 0. The van der Waals surface area contributed by atoms with Crippen molar-refractivity contribution in [3.05, 3.63) is 66.2 Å². The smallest absolute Gasteiger partial charge is 0.227 e. The lowest BCUT2D eigenvalue weighted by molar-refractivity contribution is -0.126. The molecule has 1 saturated heterocycles. The first-order valence-electron chi connectivity index (χ1n) is 8.41. The van der Waals surface area contributed by atoms with Crippen LogP contribution in [0.5, 0.6) is 0 Å². The standard InChI is InChI=1S/C20H22N2O2/c23-19-14-17(15-22(19)18-11-5-2-6-12-18)20(24)21-13-7-10-16-8-3-1-4-9-16/h1-6,8-9,11-12,17H,7,10,13-15H2,(H,21,24). The molecule has 3 rings (SSSR count). The van der Waals surface area contributed by atoms with Gasteiger partial charge in [-0.25, -0.2) is 0 Å². The van der Waals surface area contributed by atoms with Crippen molar-refractivity contribution in [2.75, 3.05) is 18.0 Å². The van der Waals surface area contributed by atoms with Gasteiger partial charge in [-0.05, 0) is 30.5 Å². The number of hydrogen-bond donors (Lipinski definition) is 1. The van der Waals surface area contributed by atoms with Gasteiger partial charge in [0.15, 0.2) is 0 Å². The Kier molecular flexibility index (Phi) is 5.26. The third kappa shape index (κ3) is 4.02. The number of anilines is 1. The van der Waals surface area contributed by atoms with Crippen LogP contribution >= 0.6 is 0 Å². The second-order valence-electron chi connectivity index (χ2n) is 6.12. The molecule has 0 aromatic heterocycles. The molecule has 2 aromatic rings. The fourth-order valence-electron chi connectivity index (χ4n) is 3.03. The molecule has 4 nitrogen and oxygen atoms in total. The highest BCUT2D eigenvalue weighted by Gasteiger charge is 2.34. The lowest BCUT2D eigenvalue weighted by Gasteiger charge is -2.16. The maximum atomic E-state index is 12.3. The number of hydrogen-bond acceptors (Lipinski definition) is 2. The Morgan fingerprint density at radius 3 is 2.42 bits per heavy atom. The molecule has 1 atom stereocenters. The monoisotopic (exact) mass is 322 g/mol. The van der Waals surface area contributed by atoms with E-state index in [2.05, 4.69) is 17.4 Å². The van der Waals surface area contributed by atoms with Crippen LogP contribution in [0.15, 0.2) is 60.7 Å². The van der Waals surface area contributed by atoms with Crippen molar-refractivity contribution in [2.24, 2.45) is 5.92 Å². The zero-order valence-electron chi connectivity index (χ0n) is 13.7. The van der Waals surface area contributed by atoms with Crippen LogP contribution in [0.1, 0.15) is 18.4 Å². The van der Waals surface area contributed by atoms with E-state index in [9.17, 15) is 9.59 Å². The first-order valence-corrected chi connectivity index (χ1v) is 8.41. The number of carbonyl (C=O) groups is 2. The molecule has 0 bridgehead atoms. The Balaban J connectivity index is 1.45. The van der Waals surface area contributed by atoms with Crippen molar-refractivity contribution in [3.8, 4) is 0 Å². The predicted octanol–water partition coefficient (Wildman–Crippen LogP) is 2.79. The molecule has 0 aliphatic carbocycles.